The van der Waals surface area contributed by atoms with Crippen LogP contribution in [0.15, 0.2) is 18.3 Å². The third-order valence-corrected chi connectivity index (χ3v) is 3.38. The minimum absolute atomic E-state index is 0.672. The lowest BCUT2D eigenvalue weighted by atomic mass is 10.2. The molecular formula is C12H15N3. The summed E-state index contributed by atoms with van der Waals surface area (Å²) < 4.78 is 2.09. The highest BCUT2D eigenvalue weighted by Gasteiger charge is 2.37. The van der Waals surface area contributed by atoms with Crippen molar-refractivity contribution in [3.8, 4) is 0 Å². The second kappa shape index (κ2) is 2.75. The summed E-state index contributed by atoms with van der Waals surface area (Å²) in [5, 5.41) is 0. The highest BCUT2D eigenvalue weighted by molar-refractivity contribution is 5.51. The number of imidazole rings is 1. The molecular weight excluding hydrogens is 186 g/mol. The van der Waals surface area contributed by atoms with Gasteiger partial charge >= 0.3 is 0 Å². The molecule has 3 heteroatoms. The predicted molar refractivity (Wildman–Crippen MR) is 60.9 cm³/mol. The van der Waals surface area contributed by atoms with Crippen molar-refractivity contribution in [2.24, 2.45) is 5.92 Å². The highest BCUT2D eigenvalue weighted by atomic mass is 15.0. The summed E-state index contributed by atoms with van der Waals surface area (Å²) in [6.45, 7) is 4.41. The molecule has 0 aliphatic heterocycles. The van der Waals surface area contributed by atoms with Crippen LogP contribution < -0.4 is 5.73 Å². The molecule has 0 saturated heterocycles. The van der Waals surface area contributed by atoms with Crippen molar-refractivity contribution in [1.29, 1.82) is 0 Å². The van der Waals surface area contributed by atoms with Gasteiger partial charge in [-0.05, 0) is 31.4 Å². The summed E-state index contributed by atoms with van der Waals surface area (Å²) in [4.78, 5) is 4.67. The van der Waals surface area contributed by atoms with Gasteiger partial charge in [-0.1, -0.05) is 6.92 Å². The first kappa shape index (κ1) is 8.77. The fraction of sp³-hybridized carbons (Fsp3) is 0.417. The third kappa shape index (κ3) is 1.23. The lowest BCUT2D eigenvalue weighted by molar-refractivity contribution is 0.883. The van der Waals surface area contributed by atoms with Gasteiger partial charge in [0.05, 0.1) is 5.69 Å². The van der Waals surface area contributed by atoms with Gasteiger partial charge < -0.3 is 10.1 Å². The van der Waals surface area contributed by atoms with Crippen LogP contribution in [0.5, 0.6) is 0 Å². The van der Waals surface area contributed by atoms with Crippen LogP contribution in [0.2, 0.25) is 0 Å². The number of pyridine rings is 1. The normalized spacial score (nSPS) is 24.7. The average Bonchev–Trinajstić information content (AvgIpc) is 2.84. The molecule has 2 aromatic heterocycles. The van der Waals surface area contributed by atoms with Gasteiger partial charge in [0.15, 0.2) is 0 Å². The molecule has 2 aromatic rings. The fourth-order valence-electron chi connectivity index (χ4n) is 2.25. The van der Waals surface area contributed by atoms with Crippen LogP contribution >= 0.6 is 0 Å². The number of nitrogens with two attached hydrogens (primary N) is 1. The Balaban J connectivity index is 2.21. The summed E-state index contributed by atoms with van der Waals surface area (Å²) in [6.07, 6.45) is 3.23. The van der Waals surface area contributed by atoms with E-state index in [1.54, 1.807) is 0 Å². The number of rotatable bonds is 1. The van der Waals surface area contributed by atoms with E-state index in [1.165, 1.54) is 17.8 Å². The Bertz CT molecular complexity index is 527. The van der Waals surface area contributed by atoms with Gasteiger partial charge in [0.1, 0.15) is 5.65 Å². The van der Waals surface area contributed by atoms with Crippen molar-refractivity contribution in [1.82, 2.24) is 9.38 Å². The molecule has 0 amide bonds. The molecule has 0 aromatic carbocycles. The molecule has 2 atom stereocenters. The van der Waals surface area contributed by atoms with E-state index in [9.17, 15) is 0 Å². The molecule has 15 heavy (non-hydrogen) atoms. The van der Waals surface area contributed by atoms with E-state index in [-0.39, 0.29) is 0 Å². The van der Waals surface area contributed by atoms with Crippen LogP contribution in [-0.2, 0) is 0 Å². The lowest BCUT2D eigenvalue weighted by Gasteiger charge is -1.98. The summed E-state index contributed by atoms with van der Waals surface area (Å²) in [6, 6.07) is 3.89. The van der Waals surface area contributed by atoms with E-state index in [0.717, 1.165) is 17.3 Å². The van der Waals surface area contributed by atoms with E-state index in [0.29, 0.717) is 5.92 Å². The molecule has 1 aliphatic carbocycles. The molecule has 1 aliphatic rings. The van der Waals surface area contributed by atoms with E-state index >= 15 is 0 Å². The maximum atomic E-state index is 5.77. The maximum Gasteiger partial charge on any atom is 0.137 e. The number of aryl methyl sites for hydroxylation is 1. The SMILES string of the molecule is Cc1c([C@@H]2C[C@H]2C)nc2ccc(N)cn12. The predicted octanol–water partition coefficient (Wildman–Crippen LogP) is 2.35. The topological polar surface area (TPSA) is 43.3 Å². The van der Waals surface area contributed by atoms with Crippen molar-refractivity contribution in [2.45, 2.75) is 26.2 Å². The second-order valence-corrected chi connectivity index (χ2v) is 4.59. The first-order chi connectivity index (χ1) is 7.16. The Morgan fingerprint density at radius 2 is 2.20 bits per heavy atom. The summed E-state index contributed by atoms with van der Waals surface area (Å²) in [5.41, 5.74) is 10.1. The number of hydrogen-bond acceptors (Lipinski definition) is 2. The number of nitrogen functional groups attached to an aromatic ring is 1. The quantitative estimate of drug-likeness (QED) is 0.769. The first-order valence-electron chi connectivity index (χ1n) is 5.41. The zero-order valence-electron chi connectivity index (χ0n) is 9.07. The molecule has 0 bridgehead atoms. The Morgan fingerprint density at radius 3 is 2.87 bits per heavy atom. The molecule has 1 saturated carbocycles. The van der Waals surface area contributed by atoms with E-state index in [1.807, 2.05) is 18.3 Å². The molecule has 0 spiro atoms. The highest BCUT2D eigenvalue weighted by Crippen LogP contribution is 2.47. The third-order valence-electron chi connectivity index (χ3n) is 3.38. The van der Waals surface area contributed by atoms with Gasteiger partial charge in [-0.15, -0.1) is 0 Å². The molecule has 1 fully saturated rings. The van der Waals surface area contributed by atoms with Crippen LogP contribution in [0.4, 0.5) is 5.69 Å². The fourth-order valence-corrected chi connectivity index (χ4v) is 2.25. The number of anilines is 1. The van der Waals surface area contributed by atoms with Crippen molar-refractivity contribution < 1.29 is 0 Å². The summed E-state index contributed by atoms with van der Waals surface area (Å²) in [7, 11) is 0. The van der Waals surface area contributed by atoms with Crippen molar-refractivity contribution in [3.63, 3.8) is 0 Å². The molecule has 0 radical (unpaired) electrons. The van der Waals surface area contributed by atoms with E-state index < -0.39 is 0 Å². The van der Waals surface area contributed by atoms with Gasteiger partial charge in [-0.3, -0.25) is 0 Å². The van der Waals surface area contributed by atoms with Crippen LogP contribution in [0.3, 0.4) is 0 Å². The summed E-state index contributed by atoms with van der Waals surface area (Å²) >= 11 is 0. The van der Waals surface area contributed by atoms with E-state index in [2.05, 4.69) is 23.2 Å². The molecule has 0 unspecified atom stereocenters. The first-order valence-corrected chi connectivity index (χ1v) is 5.41. The number of fused-ring (bicyclic) bond motifs is 1. The average molecular weight is 201 g/mol. The number of aromatic nitrogens is 2. The molecule has 3 rings (SSSR count). The Labute approximate surface area is 88.9 Å². The van der Waals surface area contributed by atoms with Gasteiger partial charge in [0, 0.05) is 23.5 Å². The number of nitrogens with zero attached hydrogens (tertiary/aromatic N) is 2. The zero-order valence-corrected chi connectivity index (χ0v) is 9.07. The van der Waals surface area contributed by atoms with Crippen LogP contribution in [0, 0.1) is 12.8 Å². The van der Waals surface area contributed by atoms with Crippen molar-refractivity contribution in [3.05, 3.63) is 29.7 Å². The van der Waals surface area contributed by atoms with Gasteiger partial charge in [-0.2, -0.15) is 0 Å². The van der Waals surface area contributed by atoms with Crippen LogP contribution in [0.1, 0.15) is 30.7 Å². The van der Waals surface area contributed by atoms with Crippen molar-refractivity contribution in [2.75, 3.05) is 5.73 Å². The minimum atomic E-state index is 0.672. The minimum Gasteiger partial charge on any atom is -0.398 e. The van der Waals surface area contributed by atoms with Crippen LogP contribution in [-0.4, -0.2) is 9.38 Å². The second-order valence-electron chi connectivity index (χ2n) is 4.59. The van der Waals surface area contributed by atoms with E-state index in [4.69, 9.17) is 5.73 Å². The smallest absolute Gasteiger partial charge is 0.137 e. The largest absolute Gasteiger partial charge is 0.398 e. The molecule has 2 heterocycles. The molecule has 78 valence electrons. The zero-order chi connectivity index (χ0) is 10.6. The standard InChI is InChI=1S/C12H15N3/c1-7-5-10(7)12-8(2)15-6-9(13)3-4-11(15)14-12/h3-4,6-7,10H,5,13H2,1-2H3/t7-,10-/m1/s1. The van der Waals surface area contributed by atoms with Crippen LogP contribution in [0.25, 0.3) is 5.65 Å². The van der Waals surface area contributed by atoms with Gasteiger partial charge in [-0.25, -0.2) is 4.98 Å². The van der Waals surface area contributed by atoms with Crippen molar-refractivity contribution >= 4 is 11.3 Å². The summed E-state index contributed by atoms with van der Waals surface area (Å²) in [5.74, 6) is 1.47. The number of hydrogen-bond donors (Lipinski definition) is 1. The molecule has 3 nitrogen and oxygen atoms in total. The Kier molecular flexibility index (Phi) is 1.61. The Hall–Kier alpha value is -1.51. The lowest BCUT2D eigenvalue weighted by Crippen LogP contribution is -1.92. The van der Waals surface area contributed by atoms with Gasteiger partial charge in [0.2, 0.25) is 0 Å². The monoisotopic (exact) mass is 201 g/mol. The Morgan fingerprint density at radius 1 is 1.47 bits per heavy atom. The maximum absolute atomic E-state index is 5.77. The van der Waals surface area contributed by atoms with Gasteiger partial charge in [0.25, 0.3) is 0 Å². The molecule has 2 N–H and O–H groups in total.